The van der Waals surface area contributed by atoms with Gasteiger partial charge in [-0.15, -0.1) is 0 Å². The van der Waals surface area contributed by atoms with Crippen molar-refractivity contribution in [2.24, 2.45) is 0 Å². The van der Waals surface area contributed by atoms with E-state index in [-0.39, 0.29) is 6.42 Å². The van der Waals surface area contributed by atoms with Crippen molar-refractivity contribution in [3.63, 3.8) is 0 Å². The average Bonchev–Trinajstić information content (AvgIpc) is 2.57. The summed E-state index contributed by atoms with van der Waals surface area (Å²) >= 11 is 12.1. The van der Waals surface area contributed by atoms with E-state index < -0.39 is 24.0 Å². The number of carbonyl (C=O) groups excluding carboxylic acids is 1. The maximum absolute atomic E-state index is 12.1. The number of carboxylic acids is 1. The Balaban J connectivity index is 2.14. The number of carbonyl (C=O) groups is 2. The van der Waals surface area contributed by atoms with E-state index in [0.717, 1.165) is 0 Å². The smallest absolute Gasteiger partial charge is 0.326 e. The fraction of sp³-hybridized carbons (Fsp3) is 0.176. The molecule has 7 heteroatoms. The summed E-state index contributed by atoms with van der Waals surface area (Å²) in [6.07, 6.45) is -1.56. The largest absolute Gasteiger partial charge is 0.480 e. The van der Waals surface area contributed by atoms with Gasteiger partial charge in [0, 0.05) is 16.5 Å². The molecule has 0 radical (unpaired) electrons. The molecule has 126 valence electrons. The van der Waals surface area contributed by atoms with E-state index >= 15 is 0 Å². The Morgan fingerprint density at radius 2 is 1.58 bits per heavy atom. The van der Waals surface area contributed by atoms with Gasteiger partial charge in [-0.3, -0.25) is 4.79 Å². The molecular weight excluding hydrogens is 353 g/mol. The van der Waals surface area contributed by atoms with Gasteiger partial charge in [0.15, 0.2) is 6.10 Å². The van der Waals surface area contributed by atoms with E-state index in [1.165, 1.54) is 0 Å². The number of amides is 1. The third-order valence-electron chi connectivity index (χ3n) is 3.45. The van der Waals surface area contributed by atoms with Gasteiger partial charge in [0.2, 0.25) is 0 Å². The molecule has 0 saturated heterocycles. The molecule has 2 aromatic carbocycles. The molecule has 2 rings (SSSR count). The van der Waals surface area contributed by atoms with Crippen LogP contribution in [0.2, 0.25) is 10.0 Å². The first-order valence-corrected chi connectivity index (χ1v) is 7.85. The number of aliphatic hydroxyl groups excluding tert-OH is 1. The van der Waals surface area contributed by atoms with E-state index in [0.29, 0.717) is 21.2 Å². The molecule has 24 heavy (non-hydrogen) atoms. The number of benzene rings is 2. The average molecular weight is 368 g/mol. The molecule has 0 aliphatic heterocycles. The van der Waals surface area contributed by atoms with E-state index in [1.54, 1.807) is 48.5 Å². The van der Waals surface area contributed by atoms with Crippen LogP contribution in [0, 0.1) is 0 Å². The number of nitrogens with one attached hydrogen (secondary N) is 1. The van der Waals surface area contributed by atoms with E-state index in [4.69, 9.17) is 23.2 Å². The zero-order valence-electron chi connectivity index (χ0n) is 12.4. The first-order chi connectivity index (χ1) is 11.4. The van der Waals surface area contributed by atoms with Crippen LogP contribution < -0.4 is 5.32 Å². The molecule has 5 nitrogen and oxygen atoms in total. The Labute approximate surface area is 148 Å². The lowest BCUT2D eigenvalue weighted by atomic mass is 10.0. The third kappa shape index (κ3) is 4.47. The minimum absolute atomic E-state index is 0.0961. The van der Waals surface area contributed by atoms with Crippen LogP contribution in [0.15, 0.2) is 48.5 Å². The van der Waals surface area contributed by atoms with Crippen molar-refractivity contribution < 1.29 is 19.8 Å². The summed E-state index contributed by atoms with van der Waals surface area (Å²) in [6.45, 7) is 0. The van der Waals surface area contributed by atoms with Gasteiger partial charge in [-0.25, -0.2) is 4.79 Å². The number of aliphatic carboxylic acids is 1. The van der Waals surface area contributed by atoms with Crippen LogP contribution in [-0.4, -0.2) is 28.1 Å². The van der Waals surface area contributed by atoms with Gasteiger partial charge in [0.25, 0.3) is 5.91 Å². The van der Waals surface area contributed by atoms with Gasteiger partial charge < -0.3 is 15.5 Å². The SMILES string of the molecule is O=C(N[C@H](Cc1c(Cl)cccc1Cl)C(=O)O)[C@@H](O)c1ccccc1. The summed E-state index contributed by atoms with van der Waals surface area (Å²) in [6, 6.07) is 11.8. The maximum atomic E-state index is 12.1. The summed E-state index contributed by atoms with van der Waals surface area (Å²) in [5.74, 6) is -2.06. The summed E-state index contributed by atoms with van der Waals surface area (Å²) in [4.78, 5) is 23.6. The van der Waals surface area contributed by atoms with E-state index in [2.05, 4.69) is 5.32 Å². The lowest BCUT2D eigenvalue weighted by Crippen LogP contribution is -2.44. The van der Waals surface area contributed by atoms with Crippen LogP contribution in [0.3, 0.4) is 0 Å². The number of aliphatic hydroxyl groups is 1. The predicted molar refractivity (Wildman–Crippen MR) is 91.1 cm³/mol. The molecule has 3 N–H and O–H groups in total. The normalized spacial score (nSPS) is 13.1. The van der Waals surface area contributed by atoms with Gasteiger partial charge in [0.05, 0.1) is 0 Å². The standard InChI is InChI=1S/C17H15Cl2NO4/c18-12-7-4-8-13(19)11(12)9-14(17(23)24)20-16(22)15(21)10-5-2-1-3-6-10/h1-8,14-15,21H,9H2,(H,20,22)(H,23,24)/t14-,15+/m1/s1. The second-order valence-electron chi connectivity index (χ2n) is 5.12. The molecule has 1 amide bonds. The summed E-state index contributed by atoms with van der Waals surface area (Å²) in [7, 11) is 0. The van der Waals surface area contributed by atoms with Crippen LogP contribution in [0.4, 0.5) is 0 Å². The highest BCUT2D eigenvalue weighted by molar-refractivity contribution is 6.36. The molecule has 0 spiro atoms. The van der Waals surface area contributed by atoms with Crippen molar-refractivity contribution in [3.8, 4) is 0 Å². The van der Waals surface area contributed by atoms with Crippen molar-refractivity contribution in [1.29, 1.82) is 0 Å². The molecular formula is C17H15Cl2NO4. The Hall–Kier alpha value is -2.08. The molecule has 0 heterocycles. The highest BCUT2D eigenvalue weighted by Gasteiger charge is 2.26. The molecule has 0 bridgehead atoms. The minimum atomic E-state index is -1.46. The van der Waals surface area contributed by atoms with Crippen LogP contribution in [0.1, 0.15) is 17.2 Å². The van der Waals surface area contributed by atoms with Crippen molar-refractivity contribution in [2.45, 2.75) is 18.6 Å². The van der Waals surface area contributed by atoms with Crippen LogP contribution in [-0.2, 0) is 16.0 Å². The number of halogens is 2. The van der Waals surface area contributed by atoms with Gasteiger partial charge in [0.1, 0.15) is 6.04 Å². The first-order valence-electron chi connectivity index (χ1n) is 7.09. The molecule has 2 atom stereocenters. The van der Waals surface area contributed by atoms with E-state index in [9.17, 15) is 19.8 Å². The molecule has 0 aromatic heterocycles. The molecule has 0 fully saturated rings. The highest BCUT2D eigenvalue weighted by Crippen LogP contribution is 2.25. The molecule has 2 aromatic rings. The zero-order chi connectivity index (χ0) is 17.7. The van der Waals surface area contributed by atoms with Gasteiger partial charge in [-0.1, -0.05) is 59.6 Å². The van der Waals surface area contributed by atoms with Crippen molar-refractivity contribution in [2.75, 3.05) is 0 Å². The quantitative estimate of drug-likeness (QED) is 0.732. The van der Waals surface area contributed by atoms with Crippen molar-refractivity contribution >= 4 is 35.1 Å². The lowest BCUT2D eigenvalue weighted by molar-refractivity contribution is -0.143. The maximum Gasteiger partial charge on any atom is 0.326 e. The second kappa shape index (κ2) is 8.15. The van der Waals surface area contributed by atoms with Gasteiger partial charge in [-0.2, -0.15) is 0 Å². The molecule has 0 aliphatic carbocycles. The Morgan fingerprint density at radius 1 is 1.00 bits per heavy atom. The monoisotopic (exact) mass is 367 g/mol. The summed E-state index contributed by atoms with van der Waals surface area (Å²) < 4.78 is 0. The fourth-order valence-corrected chi connectivity index (χ4v) is 2.72. The number of hydrogen-bond donors (Lipinski definition) is 3. The third-order valence-corrected chi connectivity index (χ3v) is 4.16. The number of carboxylic acid groups (broad SMARTS) is 1. The highest BCUT2D eigenvalue weighted by atomic mass is 35.5. The Kier molecular flexibility index (Phi) is 6.20. The zero-order valence-corrected chi connectivity index (χ0v) is 14.0. The predicted octanol–water partition coefficient (Wildman–Crippen LogP) is 2.84. The number of hydrogen-bond acceptors (Lipinski definition) is 3. The minimum Gasteiger partial charge on any atom is -0.480 e. The van der Waals surface area contributed by atoms with Gasteiger partial charge in [-0.05, 0) is 23.3 Å². The molecule has 0 unspecified atom stereocenters. The lowest BCUT2D eigenvalue weighted by Gasteiger charge is -2.18. The molecule has 0 aliphatic rings. The Bertz CT molecular complexity index is 716. The summed E-state index contributed by atoms with van der Waals surface area (Å²) in [5, 5.41) is 22.3. The topological polar surface area (TPSA) is 86.6 Å². The summed E-state index contributed by atoms with van der Waals surface area (Å²) in [5.41, 5.74) is 0.789. The first kappa shape index (κ1) is 18.3. The van der Waals surface area contributed by atoms with Crippen LogP contribution in [0.5, 0.6) is 0 Å². The van der Waals surface area contributed by atoms with Crippen LogP contribution in [0.25, 0.3) is 0 Å². The fourth-order valence-electron chi connectivity index (χ4n) is 2.17. The molecule has 0 saturated carbocycles. The Morgan fingerprint density at radius 3 is 2.12 bits per heavy atom. The number of rotatable bonds is 6. The van der Waals surface area contributed by atoms with Crippen molar-refractivity contribution in [1.82, 2.24) is 5.32 Å². The van der Waals surface area contributed by atoms with Gasteiger partial charge >= 0.3 is 5.97 Å². The van der Waals surface area contributed by atoms with Crippen molar-refractivity contribution in [3.05, 3.63) is 69.7 Å². The van der Waals surface area contributed by atoms with Crippen LogP contribution >= 0.6 is 23.2 Å². The van der Waals surface area contributed by atoms with E-state index in [1.807, 2.05) is 0 Å². The second-order valence-corrected chi connectivity index (χ2v) is 5.93.